The smallest absolute Gasteiger partial charge is 0.273 e. The minimum atomic E-state index is -0.199. The summed E-state index contributed by atoms with van der Waals surface area (Å²) in [4.78, 5) is 16.1. The molecule has 106 valence electrons. The van der Waals surface area contributed by atoms with Gasteiger partial charge in [0.15, 0.2) is 12.1 Å². The molecule has 5 nitrogen and oxygen atoms in total. The Bertz CT molecular complexity index is 411. The Morgan fingerprint density at radius 1 is 1.53 bits per heavy atom. The van der Waals surface area contributed by atoms with E-state index in [0.29, 0.717) is 23.8 Å². The molecular formula is C14H22N2O3. The Hall–Kier alpha value is -1.36. The van der Waals surface area contributed by atoms with E-state index in [-0.39, 0.29) is 18.6 Å². The van der Waals surface area contributed by atoms with Crippen LogP contribution in [0.3, 0.4) is 0 Å². The van der Waals surface area contributed by atoms with Gasteiger partial charge in [-0.25, -0.2) is 4.98 Å². The topological polar surface area (TPSA) is 75.4 Å². The van der Waals surface area contributed by atoms with Gasteiger partial charge in [-0.1, -0.05) is 19.3 Å². The number of aliphatic hydroxyl groups excluding tert-OH is 1. The highest BCUT2D eigenvalue weighted by Crippen LogP contribution is 2.27. The number of hydrogen-bond donors (Lipinski definition) is 2. The van der Waals surface area contributed by atoms with Crippen LogP contribution >= 0.6 is 0 Å². The molecule has 1 heterocycles. The van der Waals surface area contributed by atoms with Crippen LogP contribution in [-0.4, -0.2) is 28.6 Å². The maximum Gasteiger partial charge on any atom is 0.273 e. The van der Waals surface area contributed by atoms with Gasteiger partial charge >= 0.3 is 0 Å². The molecule has 1 aliphatic rings. The lowest BCUT2D eigenvalue weighted by molar-refractivity contribution is 0.0893. The maximum absolute atomic E-state index is 12.1. The van der Waals surface area contributed by atoms with Crippen LogP contribution in [0, 0.1) is 12.8 Å². The monoisotopic (exact) mass is 266 g/mol. The number of hydrogen-bond acceptors (Lipinski definition) is 4. The summed E-state index contributed by atoms with van der Waals surface area (Å²) < 4.78 is 5.05. The average molecular weight is 266 g/mol. The lowest BCUT2D eigenvalue weighted by atomic mass is 9.82. The van der Waals surface area contributed by atoms with Gasteiger partial charge < -0.3 is 14.8 Å². The first-order valence-corrected chi connectivity index (χ1v) is 7.04. The van der Waals surface area contributed by atoms with Crippen molar-refractivity contribution in [3.63, 3.8) is 0 Å². The van der Waals surface area contributed by atoms with Gasteiger partial charge in [0.05, 0.1) is 0 Å². The average Bonchev–Trinajstić information content (AvgIpc) is 2.85. The standard InChI is InChI=1S/C14H22N2O3/c1-10-13(15-9-19-10)14(18)16-12(7-8-17)11-5-3-2-4-6-11/h9,11-12,17H,2-8H2,1H3,(H,16,18)/t12-/m1/s1. The van der Waals surface area contributed by atoms with Gasteiger partial charge in [-0.3, -0.25) is 4.79 Å². The van der Waals surface area contributed by atoms with E-state index in [1.807, 2.05) is 0 Å². The number of aromatic nitrogens is 1. The van der Waals surface area contributed by atoms with Crippen LogP contribution in [0.1, 0.15) is 54.8 Å². The Morgan fingerprint density at radius 3 is 2.84 bits per heavy atom. The van der Waals surface area contributed by atoms with E-state index in [1.165, 1.54) is 25.7 Å². The van der Waals surface area contributed by atoms with Crippen LogP contribution in [0.25, 0.3) is 0 Å². The first-order valence-electron chi connectivity index (χ1n) is 7.04. The van der Waals surface area contributed by atoms with Gasteiger partial charge in [-0.2, -0.15) is 0 Å². The third kappa shape index (κ3) is 3.56. The summed E-state index contributed by atoms with van der Waals surface area (Å²) in [5.41, 5.74) is 0.346. The van der Waals surface area contributed by atoms with Crippen LogP contribution in [-0.2, 0) is 0 Å². The highest BCUT2D eigenvalue weighted by Gasteiger charge is 2.26. The highest BCUT2D eigenvalue weighted by atomic mass is 16.3. The van der Waals surface area contributed by atoms with Gasteiger partial charge in [0.2, 0.25) is 0 Å². The quantitative estimate of drug-likeness (QED) is 0.855. The van der Waals surface area contributed by atoms with Crippen molar-refractivity contribution in [1.82, 2.24) is 10.3 Å². The Labute approximate surface area is 113 Å². The number of oxazole rings is 1. The maximum atomic E-state index is 12.1. The summed E-state index contributed by atoms with van der Waals surface area (Å²) in [6.45, 7) is 1.82. The molecule has 1 fully saturated rings. The van der Waals surface area contributed by atoms with Crippen molar-refractivity contribution in [3.8, 4) is 0 Å². The summed E-state index contributed by atoms with van der Waals surface area (Å²) in [5.74, 6) is 0.802. The van der Waals surface area contributed by atoms with Crippen molar-refractivity contribution in [2.24, 2.45) is 5.92 Å². The molecule has 0 spiro atoms. The normalized spacial score (nSPS) is 18.2. The second-order valence-corrected chi connectivity index (χ2v) is 5.25. The third-order valence-corrected chi connectivity index (χ3v) is 3.94. The summed E-state index contributed by atoms with van der Waals surface area (Å²) in [5, 5.41) is 12.2. The molecule has 1 aromatic heterocycles. The van der Waals surface area contributed by atoms with Crippen LogP contribution in [0.4, 0.5) is 0 Å². The van der Waals surface area contributed by atoms with Crippen molar-refractivity contribution in [1.29, 1.82) is 0 Å². The first-order chi connectivity index (χ1) is 9.22. The van der Waals surface area contributed by atoms with Crippen molar-refractivity contribution >= 4 is 5.91 Å². The molecule has 0 aromatic carbocycles. The summed E-state index contributed by atoms with van der Waals surface area (Å²) in [6, 6.07) is 0.0360. The fourth-order valence-corrected chi connectivity index (χ4v) is 2.86. The Kier molecular flexibility index (Phi) is 4.96. The second kappa shape index (κ2) is 6.70. The minimum absolute atomic E-state index is 0.0360. The van der Waals surface area contributed by atoms with E-state index in [1.54, 1.807) is 6.92 Å². The van der Waals surface area contributed by atoms with Crippen LogP contribution < -0.4 is 5.32 Å². The third-order valence-electron chi connectivity index (χ3n) is 3.94. The van der Waals surface area contributed by atoms with E-state index in [4.69, 9.17) is 4.42 Å². The fraction of sp³-hybridized carbons (Fsp3) is 0.714. The molecular weight excluding hydrogens is 244 g/mol. The van der Waals surface area contributed by atoms with Gasteiger partial charge in [-0.05, 0) is 32.1 Å². The number of aliphatic hydroxyl groups is 1. The van der Waals surface area contributed by atoms with E-state index in [2.05, 4.69) is 10.3 Å². The van der Waals surface area contributed by atoms with Gasteiger partial charge in [-0.15, -0.1) is 0 Å². The molecule has 1 amide bonds. The largest absolute Gasteiger partial charge is 0.448 e. The lowest BCUT2D eigenvalue weighted by Gasteiger charge is -2.30. The molecule has 1 aliphatic carbocycles. The number of aryl methyl sites for hydroxylation is 1. The van der Waals surface area contributed by atoms with Gasteiger partial charge in [0, 0.05) is 12.6 Å². The molecule has 0 unspecified atom stereocenters. The van der Waals surface area contributed by atoms with Gasteiger partial charge in [0.25, 0.3) is 5.91 Å². The molecule has 2 rings (SSSR count). The predicted molar refractivity (Wildman–Crippen MR) is 70.8 cm³/mol. The van der Waals surface area contributed by atoms with E-state index in [0.717, 1.165) is 12.8 Å². The molecule has 5 heteroatoms. The van der Waals surface area contributed by atoms with Crippen LogP contribution in [0.5, 0.6) is 0 Å². The summed E-state index contributed by atoms with van der Waals surface area (Å²) in [6.07, 6.45) is 7.85. The summed E-state index contributed by atoms with van der Waals surface area (Å²) >= 11 is 0. The fourth-order valence-electron chi connectivity index (χ4n) is 2.86. The van der Waals surface area contributed by atoms with Gasteiger partial charge in [0.1, 0.15) is 5.76 Å². The van der Waals surface area contributed by atoms with Crippen molar-refractivity contribution in [3.05, 3.63) is 17.8 Å². The summed E-state index contributed by atoms with van der Waals surface area (Å²) in [7, 11) is 0. The SMILES string of the molecule is Cc1ocnc1C(=O)N[C@H](CCO)C1CCCCC1. The van der Waals surface area contributed by atoms with Crippen LogP contribution in [0.15, 0.2) is 10.8 Å². The highest BCUT2D eigenvalue weighted by molar-refractivity contribution is 5.93. The van der Waals surface area contributed by atoms with E-state index in [9.17, 15) is 9.90 Å². The van der Waals surface area contributed by atoms with Crippen molar-refractivity contribution < 1.29 is 14.3 Å². The molecule has 1 saturated carbocycles. The number of carbonyl (C=O) groups is 1. The number of carbonyl (C=O) groups excluding carboxylic acids is 1. The number of amides is 1. The molecule has 1 atom stereocenters. The van der Waals surface area contributed by atoms with Crippen molar-refractivity contribution in [2.75, 3.05) is 6.61 Å². The zero-order valence-corrected chi connectivity index (χ0v) is 11.4. The molecule has 1 aromatic rings. The molecule has 0 saturated heterocycles. The molecule has 0 radical (unpaired) electrons. The minimum Gasteiger partial charge on any atom is -0.448 e. The zero-order chi connectivity index (χ0) is 13.7. The van der Waals surface area contributed by atoms with E-state index >= 15 is 0 Å². The van der Waals surface area contributed by atoms with Crippen LogP contribution in [0.2, 0.25) is 0 Å². The van der Waals surface area contributed by atoms with E-state index < -0.39 is 0 Å². The number of rotatable bonds is 5. The number of nitrogens with one attached hydrogen (secondary N) is 1. The lowest BCUT2D eigenvalue weighted by Crippen LogP contribution is -2.42. The molecule has 0 bridgehead atoms. The van der Waals surface area contributed by atoms with Crippen molar-refractivity contribution in [2.45, 2.75) is 51.5 Å². The predicted octanol–water partition coefficient (Wildman–Crippen LogP) is 2.04. The zero-order valence-electron chi connectivity index (χ0n) is 11.4. The molecule has 0 aliphatic heterocycles. The first kappa shape index (κ1) is 14.1. The molecule has 19 heavy (non-hydrogen) atoms. The molecule has 2 N–H and O–H groups in total. The Balaban J connectivity index is 1.99. The second-order valence-electron chi connectivity index (χ2n) is 5.25. The Morgan fingerprint density at radius 2 is 2.26 bits per heavy atom. The number of nitrogens with zero attached hydrogens (tertiary/aromatic N) is 1.